The van der Waals surface area contributed by atoms with Crippen LogP contribution in [0.5, 0.6) is 5.75 Å². The molecule has 0 saturated carbocycles. The average molecular weight is 260 g/mol. The first-order chi connectivity index (χ1) is 9.20. The summed E-state index contributed by atoms with van der Waals surface area (Å²) in [6.45, 7) is 2.59. The number of aliphatic imine (C=N–C) groups is 1. The molecule has 100 valence electrons. The summed E-state index contributed by atoms with van der Waals surface area (Å²) < 4.78 is 6.96. The molecule has 0 unspecified atom stereocenters. The van der Waals surface area contributed by atoms with Gasteiger partial charge in [-0.1, -0.05) is 5.10 Å². The topological polar surface area (TPSA) is 68.4 Å². The van der Waals surface area contributed by atoms with Crippen LogP contribution in [0.4, 0.5) is 5.95 Å². The molecule has 0 bridgehead atoms. The van der Waals surface area contributed by atoms with Crippen LogP contribution in [-0.4, -0.2) is 52.1 Å². The highest BCUT2D eigenvalue weighted by atomic mass is 16.5. The number of aromatic nitrogens is 4. The van der Waals surface area contributed by atoms with Gasteiger partial charge in [0.15, 0.2) is 0 Å². The smallest absolute Gasteiger partial charge is 0.275 e. The minimum Gasteiger partial charge on any atom is -0.494 e. The van der Waals surface area contributed by atoms with E-state index in [-0.39, 0.29) is 0 Å². The van der Waals surface area contributed by atoms with E-state index in [0.717, 1.165) is 11.4 Å². The average Bonchev–Trinajstić information content (AvgIpc) is 2.86. The molecule has 0 aliphatic carbocycles. The summed E-state index contributed by atoms with van der Waals surface area (Å²) in [4.78, 5) is 6.01. The quantitative estimate of drug-likeness (QED) is 0.598. The van der Waals surface area contributed by atoms with E-state index >= 15 is 0 Å². The van der Waals surface area contributed by atoms with Crippen molar-refractivity contribution in [2.75, 3.05) is 20.7 Å². The van der Waals surface area contributed by atoms with E-state index in [0.29, 0.717) is 12.6 Å². The van der Waals surface area contributed by atoms with Crippen molar-refractivity contribution in [3.05, 3.63) is 24.3 Å². The standard InChI is InChI=1S/C12H16N6O/c1-4-19-11-7-5-10(6-8-11)18-12(14-15-16-18)13-9-17(2)3/h5-9H,4H2,1-3H3. The van der Waals surface area contributed by atoms with E-state index in [9.17, 15) is 0 Å². The molecule has 1 aromatic carbocycles. The van der Waals surface area contributed by atoms with Gasteiger partial charge in [0.2, 0.25) is 0 Å². The zero-order valence-electron chi connectivity index (χ0n) is 11.2. The number of ether oxygens (including phenoxy) is 1. The Balaban J connectivity index is 2.24. The van der Waals surface area contributed by atoms with Crippen LogP contribution in [0.3, 0.4) is 0 Å². The normalized spacial score (nSPS) is 10.9. The molecule has 2 aromatic rings. The van der Waals surface area contributed by atoms with Crippen molar-refractivity contribution in [2.24, 2.45) is 4.99 Å². The predicted octanol–water partition coefficient (Wildman–Crippen LogP) is 1.28. The van der Waals surface area contributed by atoms with Crippen molar-refractivity contribution in [3.63, 3.8) is 0 Å². The molecule has 7 heteroatoms. The van der Waals surface area contributed by atoms with E-state index in [1.165, 1.54) is 0 Å². The summed E-state index contributed by atoms with van der Waals surface area (Å²) in [5.41, 5.74) is 0.833. The van der Waals surface area contributed by atoms with Gasteiger partial charge in [-0.25, -0.2) is 4.99 Å². The molecule has 1 aromatic heterocycles. The molecule has 0 aliphatic rings. The third-order valence-electron chi connectivity index (χ3n) is 2.25. The Bertz CT molecular complexity index is 546. The van der Waals surface area contributed by atoms with Gasteiger partial charge in [-0.05, 0) is 41.6 Å². The van der Waals surface area contributed by atoms with Crippen LogP contribution in [0.2, 0.25) is 0 Å². The van der Waals surface area contributed by atoms with Gasteiger partial charge in [0.25, 0.3) is 5.95 Å². The Morgan fingerprint density at radius 2 is 2.05 bits per heavy atom. The maximum Gasteiger partial charge on any atom is 0.275 e. The second-order valence-corrected chi connectivity index (χ2v) is 4.03. The molecule has 0 amide bonds. The number of nitrogens with zero attached hydrogens (tertiary/aromatic N) is 6. The van der Waals surface area contributed by atoms with Gasteiger partial charge in [0.05, 0.1) is 18.6 Å². The molecule has 0 radical (unpaired) electrons. The first-order valence-electron chi connectivity index (χ1n) is 5.93. The summed E-state index contributed by atoms with van der Waals surface area (Å²) in [7, 11) is 3.77. The fourth-order valence-corrected chi connectivity index (χ4v) is 1.45. The molecule has 0 saturated heterocycles. The third kappa shape index (κ3) is 3.27. The maximum atomic E-state index is 5.39. The van der Waals surface area contributed by atoms with E-state index in [1.807, 2.05) is 50.2 Å². The fourth-order valence-electron chi connectivity index (χ4n) is 1.45. The second kappa shape index (κ2) is 5.94. The van der Waals surface area contributed by atoms with Gasteiger partial charge in [0.1, 0.15) is 5.75 Å². The van der Waals surface area contributed by atoms with Crippen molar-refractivity contribution >= 4 is 12.3 Å². The molecule has 2 rings (SSSR count). The van der Waals surface area contributed by atoms with Crippen molar-refractivity contribution in [3.8, 4) is 11.4 Å². The maximum absolute atomic E-state index is 5.39. The molecule has 19 heavy (non-hydrogen) atoms. The van der Waals surface area contributed by atoms with Crippen molar-refractivity contribution in [2.45, 2.75) is 6.92 Å². The molecular formula is C12H16N6O. The van der Waals surface area contributed by atoms with E-state index in [1.54, 1.807) is 11.0 Å². The first kappa shape index (κ1) is 13.0. The number of hydrogen-bond acceptors (Lipinski definition) is 5. The van der Waals surface area contributed by atoms with Crippen LogP contribution in [-0.2, 0) is 0 Å². The highest BCUT2D eigenvalue weighted by Crippen LogP contribution is 2.17. The van der Waals surface area contributed by atoms with E-state index in [4.69, 9.17) is 4.74 Å². The zero-order chi connectivity index (χ0) is 13.7. The lowest BCUT2D eigenvalue weighted by atomic mass is 10.3. The van der Waals surface area contributed by atoms with Gasteiger partial charge < -0.3 is 9.64 Å². The van der Waals surface area contributed by atoms with Gasteiger partial charge in [-0.15, -0.1) is 0 Å². The Labute approximate surface area is 111 Å². The molecule has 0 fully saturated rings. The van der Waals surface area contributed by atoms with Gasteiger partial charge in [-0.2, -0.15) is 4.68 Å². The number of rotatable bonds is 5. The molecular weight excluding hydrogens is 244 g/mol. The number of tetrazole rings is 1. The molecule has 0 spiro atoms. The van der Waals surface area contributed by atoms with Crippen LogP contribution >= 0.6 is 0 Å². The lowest BCUT2D eigenvalue weighted by Crippen LogP contribution is -2.07. The predicted molar refractivity (Wildman–Crippen MR) is 72.2 cm³/mol. The molecule has 0 atom stereocenters. The van der Waals surface area contributed by atoms with Crippen LogP contribution in [0, 0.1) is 0 Å². The molecule has 7 nitrogen and oxygen atoms in total. The van der Waals surface area contributed by atoms with Crippen molar-refractivity contribution < 1.29 is 4.74 Å². The lowest BCUT2D eigenvalue weighted by molar-refractivity contribution is 0.340. The summed E-state index contributed by atoms with van der Waals surface area (Å²) in [5, 5.41) is 11.4. The molecule has 0 N–H and O–H groups in total. The van der Waals surface area contributed by atoms with Crippen molar-refractivity contribution in [1.29, 1.82) is 0 Å². The van der Waals surface area contributed by atoms with E-state index in [2.05, 4.69) is 20.5 Å². The number of hydrogen-bond donors (Lipinski definition) is 0. The third-order valence-corrected chi connectivity index (χ3v) is 2.25. The number of benzene rings is 1. The Morgan fingerprint density at radius 3 is 2.68 bits per heavy atom. The first-order valence-corrected chi connectivity index (χ1v) is 5.93. The highest BCUT2D eigenvalue weighted by Gasteiger charge is 2.06. The van der Waals surface area contributed by atoms with Crippen LogP contribution < -0.4 is 4.74 Å². The summed E-state index contributed by atoms with van der Waals surface area (Å²) in [6.07, 6.45) is 1.65. The van der Waals surface area contributed by atoms with E-state index < -0.39 is 0 Å². The van der Waals surface area contributed by atoms with Crippen LogP contribution in [0.1, 0.15) is 6.92 Å². The van der Waals surface area contributed by atoms with Gasteiger partial charge in [0, 0.05) is 14.1 Å². The highest BCUT2D eigenvalue weighted by molar-refractivity contribution is 5.58. The SMILES string of the molecule is CCOc1ccc(-n2nnnc2N=CN(C)C)cc1. The fraction of sp³-hybridized carbons (Fsp3) is 0.333. The minimum absolute atomic E-state index is 0.429. The van der Waals surface area contributed by atoms with Crippen LogP contribution in [0.25, 0.3) is 5.69 Å². The minimum atomic E-state index is 0.429. The summed E-state index contributed by atoms with van der Waals surface area (Å²) >= 11 is 0. The lowest BCUT2D eigenvalue weighted by Gasteiger charge is -2.05. The Hall–Kier alpha value is -2.44. The monoisotopic (exact) mass is 260 g/mol. The van der Waals surface area contributed by atoms with Crippen molar-refractivity contribution in [1.82, 2.24) is 25.1 Å². The molecule has 1 heterocycles. The van der Waals surface area contributed by atoms with Crippen LogP contribution in [0.15, 0.2) is 29.3 Å². The van der Waals surface area contributed by atoms with Gasteiger partial charge in [-0.3, -0.25) is 0 Å². The molecule has 0 aliphatic heterocycles. The summed E-state index contributed by atoms with van der Waals surface area (Å²) in [5.74, 6) is 1.25. The van der Waals surface area contributed by atoms with Gasteiger partial charge >= 0.3 is 0 Å². The zero-order valence-corrected chi connectivity index (χ0v) is 11.2. The summed E-state index contributed by atoms with van der Waals surface area (Å²) in [6, 6.07) is 7.52. The largest absolute Gasteiger partial charge is 0.494 e. The Kier molecular flexibility index (Phi) is 4.07. The Morgan fingerprint density at radius 1 is 1.32 bits per heavy atom. The second-order valence-electron chi connectivity index (χ2n) is 4.03.